The molecule has 1 saturated heterocycles. The minimum absolute atomic E-state index is 0. The van der Waals surface area contributed by atoms with Crippen molar-refractivity contribution in [2.45, 2.75) is 57.7 Å². The molecule has 1 aromatic heterocycles. The zero-order valence-corrected chi connectivity index (χ0v) is 16.4. The van der Waals surface area contributed by atoms with Gasteiger partial charge in [0, 0.05) is 11.3 Å². The van der Waals surface area contributed by atoms with E-state index in [9.17, 15) is 0 Å². The van der Waals surface area contributed by atoms with E-state index in [0.29, 0.717) is 17.8 Å². The lowest BCUT2D eigenvalue weighted by atomic mass is 9.43. The molecular weight excluding hydrogens is 348 g/mol. The van der Waals surface area contributed by atoms with Crippen molar-refractivity contribution >= 4 is 30.5 Å². The van der Waals surface area contributed by atoms with Crippen molar-refractivity contribution in [1.29, 1.82) is 0 Å². The van der Waals surface area contributed by atoms with E-state index in [2.05, 4.69) is 26.8 Å². The van der Waals surface area contributed by atoms with E-state index in [1.165, 1.54) is 6.42 Å². The molecule has 3 aliphatic carbocycles. The summed E-state index contributed by atoms with van der Waals surface area (Å²) in [6.45, 7) is 6.99. The lowest BCUT2D eigenvalue weighted by Crippen LogP contribution is -2.65. The summed E-state index contributed by atoms with van der Waals surface area (Å²) in [7, 11) is -0.334. The predicted octanol–water partition coefficient (Wildman–Crippen LogP) is 3.99. The van der Waals surface area contributed by atoms with Crippen LogP contribution in [0.3, 0.4) is 0 Å². The molecule has 4 fully saturated rings. The highest BCUT2D eigenvalue weighted by molar-refractivity contribution is 6.47. The van der Waals surface area contributed by atoms with Crippen molar-refractivity contribution in [3.63, 3.8) is 0 Å². The summed E-state index contributed by atoms with van der Waals surface area (Å²) in [6, 6.07) is 8.08. The maximum absolute atomic E-state index is 6.51. The van der Waals surface area contributed by atoms with Gasteiger partial charge in [-0.15, -0.1) is 12.4 Å². The molecule has 2 heterocycles. The highest BCUT2D eigenvalue weighted by Gasteiger charge is 2.68. The first kappa shape index (κ1) is 18.4. The number of furan rings is 1. The quantitative estimate of drug-likeness (QED) is 0.824. The summed E-state index contributed by atoms with van der Waals surface area (Å²) >= 11 is 0. The van der Waals surface area contributed by atoms with Crippen LogP contribution >= 0.6 is 12.4 Å². The van der Waals surface area contributed by atoms with Crippen molar-refractivity contribution in [3.05, 3.63) is 36.1 Å². The average molecular weight is 376 g/mol. The van der Waals surface area contributed by atoms with Crippen LogP contribution in [0.15, 0.2) is 34.9 Å². The minimum Gasteiger partial charge on any atom is -0.464 e. The molecule has 4 unspecified atom stereocenters. The second-order valence-electron chi connectivity index (χ2n) is 8.96. The van der Waals surface area contributed by atoms with Gasteiger partial charge in [0.1, 0.15) is 5.58 Å². The van der Waals surface area contributed by atoms with Gasteiger partial charge in [0.25, 0.3) is 0 Å². The van der Waals surface area contributed by atoms with Crippen LogP contribution in [0.25, 0.3) is 11.0 Å². The summed E-state index contributed by atoms with van der Waals surface area (Å²) in [5.74, 6) is 1.13. The largest absolute Gasteiger partial charge is 0.475 e. The number of nitrogens with two attached hydrogens (primary N) is 1. The molecule has 26 heavy (non-hydrogen) atoms. The van der Waals surface area contributed by atoms with Crippen LogP contribution in [0.2, 0.25) is 0 Å². The molecule has 5 atom stereocenters. The minimum atomic E-state index is -0.334. The van der Waals surface area contributed by atoms with Gasteiger partial charge < -0.3 is 19.5 Å². The molecule has 0 spiro atoms. The van der Waals surface area contributed by atoms with Gasteiger partial charge in [0.05, 0.1) is 18.0 Å². The maximum atomic E-state index is 6.51. The van der Waals surface area contributed by atoms with Crippen molar-refractivity contribution < 1.29 is 13.7 Å². The molecular formula is C20H27BClNO3. The fourth-order valence-corrected chi connectivity index (χ4v) is 5.62. The van der Waals surface area contributed by atoms with Crippen molar-refractivity contribution in [2.24, 2.45) is 23.0 Å². The second kappa shape index (κ2) is 6.00. The van der Waals surface area contributed by atoms with Crippen LogP contribution in [0, 0.1) is 17.3 Å². The number of hydrogen-bond donors (Lipinski definition) is 1. The number of para-hydroxylation sites is 1. The third kappa shape index (κ3) is 2.41. The zero-order chi connectivity index (χ0) is 17.4. The molecule has 0 radical (unpaired) electrons. The molecule has 140 valence electrons. The number of halogens is 1. The Morgan fingerprint density at radius 3 is 2.77 bits per heavy atom. The van der Waals surface area contributed by atoms with Gasteiger partial charge >= 0.3 is 7.12 Å². The molecule has 6 heteroatoms. The summed E-state index contributed by atoms with van der Waals surface area (Å²) in [4.78, 5) is 0. The van der Waals surface area contributed by atoms with Crippen LogP contribution in [0.1, 0.15) is 39.2 Å². The summed E-state index contributed by atoms with van der Waals surface area (Å²) in [5, 5.41) is 1.13. The number of benzene rings is 1. The van der Waals surface area contributed by atoms with E-state index in [-0.39, 0.29) is 37.2 Å². The Kier molecular flexibility index (Phi) is 4.24. The molecule has 2 aromatic rings. The van der Waals surface area contributed by atoms with E-state index in [0.717, 1.165) is 28.9 Å². The van der Waals surface area contributed by atoms with Gasteiger partial charge in [0.15, 0.2) is 0 Å². The summed E-state index contributed by atoms with van der Waals surface area (Å²) in [5.41, 5.74) is 8.70. The second-order valence-corrected chi connectivity index (χ2v) is 8.96. The van der Waals surface area contributed by atoms with Gasteiger partial charge in [-0.05, 0) is 55.1 Å². The first-order chi connectivity index (χ1) is 11.9. The predicted molar refractivity (Wildman–Crippen MR) is 105 cm³/mol. The average Bonchev–Trinajstić information content (AvgIpc) is 3.15. The fraction of sp³-hybridized carbons (Fsp3) is 0.600. The van der Waals surface area contributed by atoms with Crippen LogP contribution in [0.5, 0.6) is 0 Å². The smallest absolute Gasteiger partial charge is 0.464 e. The van der Waals surface area contributed by atoms with Crippen LogP contribution in [-0.4, -0.2) is 24.8 Å². The Bertz CT molecular complexity index is 824. The molecule has 1 aliphatic heterocycles. The third-order valence-electron chi connectivity index (χ3n) is 7.34. The molecule has 6 rings (SSSR count). The first-order valence-electron chi connectivity index (χ1n) is 9.43. The standard InChI is InChI=1S/C20H26BNO3.ClH/c1-19(2)13-9-16(19)20(3)17(10-13)24-21(25-20)18(22)8-12-11-23-15-7-5-4-6-14(12)15;/h4-7,11,13,16-18H,8-10,22H2,1-3H3;1H/t13?,16?,17?,18?,20-;/m0./s1. The molecule has 2 bridgehead atoms. The first-order valence-corrected chi connectivity index (χ1v) is 9.43. The molecule has 1 aromatic carbocycles. The van der Waals surface area contributed by atoms with Crippen LogP contribution in [-0.2, 0) is 15.7 Å². The highest BCUT2D eigenvalue weighted by atomic mass is 35.5. The van der Waals surface area contributed by atoms with Gasteiger partial charge in [-0.1, -0.05) is 32.0 Å². The lowest BCUT2D eigenvalue weighted by Gasteiger charge is -2.64. The monoisotopic (exact) mass is 375 g/mol. The summed E-state index contributed by atoms with van der Waals surface area (Å²) in [6.07, 6.45) is 5.05. The summed E-state index contributed by atoms with van der Waals surface area (Å²) < 4.78 is 18.4. The lowest BCUT2D eigenvalue weighted by molar-refractivity contribution is -0.199. The van der Waals surface area contributed by atoms with Crippen LogP contribution in [0.4, 0.5) is 0 Å². The van der Waals surface area contributed by atoms with Crippen molar-refractivity contribution in [2.75, 3.05) is 0 Å². The Morgan fingerprint density at radius 2 is 2.00 bits per heavy atom. The Hall–Kier alpha value is -1.01. The normalized spacial score (nSPS) is 35.5. The Morgan fingerprint density at radius 1 is 1.23 bits per heavy atom. The van der Waals surface area contributed by atoms with Crippen molar-refractivity contribution in [1.82, 2.24) is 0 Å². The molecule has 3 saturated carbocycles. The van der Waals surface area contributed by atoms with Crippen LogP contribution < -0.4 is 5.73 Å². The highest BCUT2D eigenvalue weighted by Crippen LogP contribution is 2.65. The van der Waals surface area contributed by atoms with E-state index in [4.69, 9.17) is 19.5 Å². The molecule has 4 aliphatic rings. The van der Waals surface area contributed by atoms with E-state index in [1.807, 2.05) is 24.5 Å². The van der Waals surface area contributed by atoms with Gasteiger partial charge in [-0.2, -0.15) is 0 Å². The number of hydrogen-bond acceptors (Lipinski definition) is 4. The van der Waals surface area contributed by atoms with E-state index in [1.54, 1.807) is 0 Å². The van der Waals surface area contributed by atoms with E-state index >= 15 is 0 Å². The Balaban J connectivity index is 0.00000168. The molecule has 4 nitrogen and oxygen atoms in total. The zero-order valence-electron chi connectivity index (χ0n) is 15.6. The van der Waals surface area contributed by atoms with Gasteiger partial charge in [-0.25, -0.2) is 0 Å². The SMILES string of the molecule is CC1(C)C2CC3OB(C(N)Cc4coc5ccccc45)O[C@@]3(C)C1C2.Cl. The van der Waals surface area contributed by atoms with Crippen molar-refractivity contribution in [3.8, 4) is 0 Å². The molecule has 0 amide bonds. The van der Waals surface area contributed by atoms with Gasteiger partial charge in [-0.3, -0.25) is 0 Å². The topological polar surface area (TPSA) is 57.6 Å². The molecule has 2 N–H and O–H groups in total. The number of rotatable bonds is 3. The number of fused-ring (bicyclic) bond motifs is 1. The Labute approximate surface area is 161 Å². The third-order valence-corrected chi connectivity index (χ3v) is 7.34. The van der Waals surface area contributed by atoms with Gasteiger partial charge in [0.2, 0.25) is 0 Å². The fourth-order valence-electron chi connectivity index (χ4n) is 5.62. The maximum Gasteiger partial charge on any atom is 0.475 e. The van der Waals surface area contributed by atoms with E-state index < -0.39 is 0 Å².